The second-order valence-electron chi connectivity index (χ2n) is 6.43. The van der Waals surface area contributed by atoms with E-state index in [1.54, 1.807) is 18.5 Å². The third-order valence-electron chi connectivity index (χ3n) is 4.29. The molecule has 0 unspecified atom stereocenters. The van der Waals surface area contributed by atoms with Gasteiger partial charge < -0.3 is 20.1 Å². The van der Waals surface area contributed by atoms with Crippen molar-refractivity contribution in [3.05, 3.63) is 48.3 Å². The molecule has 12 heteroatoms. The molecule has 1 fully saturated rings. The number of ether oxygens (including phenoxy) is 1. The second-order valence-corrected chi connectivity index (χ2v) is 6.43. The minimum Gasteiger partial charge on any atom is -0.475 e. The van der Waals surface area contributed by atoms with E-state index >= 15 is 0 Å². The van der Waals surface area contributed by atoms with Crippen LogP contribution in [0.1, 0.15) is 10.4 Å². The Bertz CT molecular complexity index is 1050. The molecule has 2 aromatic heterocycles. The van der Waals surface area contributed by atoms with Gasteiger partial charge in [-0.2, -0.15) is 18.3 Å². The summed E-state index contributed by atoms with van der Waals surface area (Å²) in [7, 11) is 0. The van der Waals surface area contributed by atoms with Gasteiger partial charge in [0.05, 0.1) is 30.5 Å². The number of hydrogen-bond acceptors (Lipinski definition) is 6. The van der Waals surface area contributed by atoms with Gasteiger partial charge in [0, 0.05) is 30.4 Å². The first-order valence-electron chi connectivity index (χ1n) is 9.07. The Balaban J connectivity index is 0.000000339. The number of fused-ring (bicyclic) bond motifs is 1. The normalized spacial score (nSPS) is 14.0. The molecule has 0 bridgehead atoms. The third kappa shape index (κ3) is 5.92. The summed E-state index contributed by atoms with van der Waals surface area (Å²) in [4.78, 5) is 27.8. The van der Waals surface area contributed by atoms with Crippen LogP contribution in [0, 0.1) is 0 Å². The number of amides is 1. The number of H-pyrrole nitrogens is 1. The molecule has 4 rings (SSSR count). The molecule has 0 atom stereocenters. The van der Waals surface area contributed by atoms with Crippen molar-refractivity contribution in [1.82, 2.24) is 15.2 Å². The molecule has 1 aliphatic heterocycles. The molecule has 1 aromatic carbocycles. The number of carboxylic acids is 1. The molecule has 3 aromatic rings. The molecule has 1 saturated heterocycles. The number of carboxylic acid groups (broad SMARTS) is 1. The minimum atomic E-state index is -5.08. The van der Waals surface area contributed by atoms with Crippen LogP contribution in [0.2, 0.25) is 0 Å². The molecular weight excluding hydrogens is 419 g/mol. The van der Waals surface area contributed by atoms with Crippen molar-refractivity contribution in [3.8, 4) is 0 Å². The van der Waals surface area contributed by atoms with E-state index < -0.39 is 12.1 Å². The van der Waals surface area contributed by atoms with Gasteiger partial charge in [-0.25, -0.2) is 9.78 Å². The van der Waals surface area contributed by atoms with Crippen LogP contribution in [0.25, 0.3) is 10.9 Å². The highest BCUT2D eigenvalue weighted by Crippen LogP contribution is 2.18. The highest BCUT2D eigenvalue weighted by molar-refractivity contribution is 6.05. The third-order valence-corrected chi connectivity index (χ3v) is 4.29. The highest BCUT2D eigenvalue weighted by atomic mass is 19.4. The Morgan fingerprint density at radius 3 is 2.45 bits per heavy atom. The smallest absolute Gasteiger partial charge is 0.475 e. The fraction of sp³-hybridized carbons (Fsp3) is 0.263. The maximum atomic E-state index is 12.4. The lowest BCUT2D eigenvalue weighted by Gasteiger charge is -2.27. The molecule has 0 radical (unpaired) electrons. The van der Waals surface area contributed by atoms with Gasteiger partial charge in [0.1, 0.15) is 5.82 Å². The number of alkyl halides is 3. The van der Waals surface area contributed by atoms with Crippen molar-refractivity contribution in [1.29, 1.82) is 0 Å². The number of aromatic nitrogens is 3. The van der Waals surface area contributed by atoms with E-state index in [1.165, 1.54) is 0 Å². The molecule has 164 valence electrons. The van der Waals surface area contributed by atoms with Crippen LogP contribution in [-0.4, -0.2) is 64.6 Å². The van der Waals surface area contributed by atoms with E-state index in [9.17, 15) is 18.0 Å². The van der Waals surface area contributed by atoms with Crippen molar-refractivity contribution in [2.24, 2.45) is 0 Å². The molecule has 1 amide bonds. The van der Waals surface area contributed by atoms with Crippen LogP contribution < -0.4 is 10.2 Å². The van der Waals surface area contributed by atoms with Gasteiger partial charge in [0.15, 0.2) is 0 Å². The van der Waals surface area contributed by atoms with E-state index in [1.807, 2.05) is 24.3 Å². The number of anilines is 2. The van der Waals surface area contributed by atoms with E-state index in [0.29, 0.717) is 18.8 Å². The van der Waals surface area contributed by atoms with Gasteiger partial charge in [0.25, 0.3) is 5.91 Å². The van der Waals surface area contributed by atoms with Crippen molar-refractivity contribution in [2.75, 3.05) is 36.5 Å². The average molecular weight is 437 g/mol. The van der Waals surface area contributed by atoms with Gasteiger partial charge in [-0.05, 0) is 30.3 Å². The monoisotopic (exact) mass is 437 g/mol. The second kappa shape index (κ2) is 9.43. The van der Waals surface area contributed by atoms with Crippen LogP contribution in [0.4, 0.5) is 24.7 Å². The molecule has 0 aliphatic carbocycles. The van der Waals surface area contributed by atoms with Crippen LogP contribution in [0.15, 0.2) is 42.7 Å². The first-order chi connectivity index (χ1) is 14.7. The summed E-state index contributed by atoms with van der Waals surface area (Å²) in [6.45, 7) is 3.06. The van der Waals surface area contributed by atoms with Gasteiger partial charge in [-0.15, -0.1) is 0 Å². The maximum absolute atomic E-state index is 12.4. The lowest BCUT2D eigenvalue weighted by Crippen LogP contribution is -2.36. The highest BCUT2D eigenvalue weighted by Gasteiger charge is 2.38. The van der Waals surface area contributed by atoms with E-state index in [-0.39, 0.29) is 5.91 Å². The van der Waals surface area contributed by atoms with Crippen LogP contribution in [0.3, 0.4) is 0 Å². The van der Waals surface area contributed by atoms with Gasteiger partial charge >= 0.3 is 12.1 Å². The molecular formula is C19H18F3N5O4. The maximum Gasteiger partial charge on any atom is 0.490 e. The summed E-state index contributed by atoms with van der Waals surface area (Å²) in [5.74, 6) is -2.07. The minimum absolute atomic E-state index is 0.182. The fourth-order valence-corrected chi connectivity index (χ4v) is 2.72. The van der Waals surface area contributed by atoms with E-state index in [2.05, 4.69) is 25.4 Å². The van der Waals surface area contributed by atoms with E-state index in [0.717, 1.165) is 35.5 Å². The van der Waals surface area contributed by atoms with Gasteiger partial charge in [-0.3, -0.25) is 9.89 Å². The Hall–Kier alpha value is -3.67. The number of hydrogen-bond donors (Lipinski definition) is 3. The standard InChI is InChI=1S/C17H17N5O2.C2HF3O2/c23-17(20-14-2-3-15-13(9-14)11-19-21-15)12-1-4-16(18-10-12)22-5-7-24-8-6-22;3-2(4,5)1(6)7/h1-4,9-11H,5-8H2,(H,19,21)(H,20,23);(H,6,7). The predicted molar refractivity (Wildman–Crippen MR) is 105 cm³/mol. The first kappa shape index (κ1) is 22.0. The molecule has 0 saturated carbocycles. The van der Waals surface area contributed by atoms with Crippen molar-refractivity contribution in [2.45, 2.75) is 6.18 Å². The largest absolute Gasteiger partial charge is 0.490 e. The Kier molecular flexibility index (Phi) is 6.70. The fourth-order valence-electron chi connectivity index (χ4n) is 2.72. The summed E-state index contributed by atoms with van der Waals surface area (Å²) in [5.41, 5.74) is 2.19. The van der Waals surface area contributed by atoms with Gasteiger partial charge in [-0.1, -0.05) is 0 Å². The Morgan fingerprint density at radius 1 is 1.13 bits per heavy atom. The number of benzene rings is 1. The van der Waals surface area contributed by atoms with Crippen molar-refractivity contribution in [3.63, 3.8) is 0 Å². The number of halogens is 3. The number of carbonyl (C=O) groups is 2. The lowest BCUT2D eigenvalue weighted by molar-refractivity contribution is -0.192. The molecule has 1 aliphatic rings. The summed E-state index contributed by atoms with van der Waals surface area (Å²) in [6, 6.07) is 9.28. The summed E-state index contributed by atoms with van der Waals surface area (Å²) < 4.78 is 37.1. The summed E-state index contributed by atoms with van der Waals surface area (Å²) in [6.07, 6.45) is -1.75. The van der Waals surface area contributed by atoms with Crippen LogP contribution >= 0.6 is 0 Å². The summed E-state index contributed by atoms with van der Waals surface area (Å²) >= 11 is 0. The Labute approximate surface area is 173 Å². The molecule has 9 nitrogen and oxygen atoms in total. The topological polar surface area (TPSA) is 120 Å². The Morgan fingerprint density at radius 2 is 1.84 bits per heavy atom. The number of aromatic amines is 1. The van der Waals surface area contributed by atoms with Crippen molar-refractivity contribution >= 4 is 34.3 Å². The number of aliphatic carboxylic acids is 1. The zero-order valence-electron chi connectivity index (χ0n) is 16.0. The first-order valence-corrected chi connectivity index (χ1v) is 9.07. The zero-order valence-corrected chi connectivity index (χ0v) is 16.0. The lowest BCUT2D eigenvalue weighted by atomic mass is 10.2. The number of nitrogens with one attached hydrogen (secondary N) is 2. The molecule has 0 spiro atoms. The number of pyridine rings is 1. The zero-order chi connectivity index (χ0) is 22.4. The number of rotatable bonds is 3. The summed E-state index contributed by atoms with van der Waals surface area (Å²) in [5, 5.41) is 17.8. The molecule has 31 heavy (non-hydrogen) atoms. The predicted octanol–water partition coefficient (Wildman–Crippen LogP) is 2.68. The quantitative estimate of drug-likeness (QED) is 0.576. The molecule has 3 N–H and O–H groups in total. The number of nitrogens with zero attached hydrogens (tertiary/aromatic N) is 3. The van der Waals surface area contributed by atoms with Crippen LogP contribution in [0.5, 0.6) is 0 Å². The SMILES string of the molecule is O=C(Nc1ccc2[nH]ncc2c1)c1ccc(N2CCOCC2)nc1.O=C(O)C(F)(F)F. The van der Waals surface area contributed by atoms with Gasteiger partial charge in [0.2, 0.25) is 0 Å². The van der Waals surface area contributed by atoms with Crippen LogP contribution in [-0.2, 0) is 9.53 Å². The van der Waals surface area contributed by atoms with E-state index in [4.69, 9.17) is 14.6 Å². The number of morpholine rings is 1. The average Bonchev–Trinajstić information content (AvgIpc) is 3.22. The van der Waals surface area contributed by atoms with Crippen molar-refractivity contribution < 1.29 is 32.6 Å². The molecule has 3 heterocycles. The number of carbonyl (C=O) groups excluding carboxylic acids is 1.